The Morgan fingerprint density at radius 3 is 2.59 bits per heavy atom. The van der Waals surface area contributed by atoms with Gasteiger partial charge in [-0.05, 0) is 41.8 Å². The molecule has 0 N–H and O–H groups in total. The van der Waals surface area contributed by atoms with Gasteiger partial charge in [-0.25, -0.2) is 13.4 Å². The monoisotopic (exact) mass is 430 g/mol. The van der Waals surface area contributed by atoms with Crippen LogP contribution in [0.2, 0.25) is 5.02 Å². The lowest BCUT2D eigenvalue weighted by Crippen LogP contribution is -2.39. The average molecular weight is 431 g/mol. The van der Waals surface area contributed by atoms with Crippen molar-refractivity contribution >= 4 is 27.3 Å². The van der Waals surface area contributed by atoms with Gasteiger partial charge in [-0.2, -0.15) is 0 Å². The van der Waals surface area contributed by atoms with Crippen LogP contribution in [0.1, 0.15) is 16.8 Å². The molecule has 0 unspecified atom stereocenters. The van der Waals surface area contributed by atoms with Gasteiger partial charge in [-0.1, -0.05) is 35.9 Å². The third-order valence-electron chi connectivity index (χ3n) is 4.84. The van der Waals surface area contributed by atoms with Crippen LogP contribution >= 0.6 is 11.6 Å². The van der Waals surface area contributed by atoms with Crippen LogP contribution in [0.25, 0.3) is 11.5 Å². The average Bonchev–Trinajstić information content (AvgIpc) is 3.15. The minimum Gasteiger partial charge on any atom is -0.444 e. The fourth-order valence-corrected chi connectivity index (χ4v) is 4.73. The van der Waals surface area contributed by atoms with E-state index in [0.29, 0.717) is 29.6 Å². The van der Waals surface area contributed by atoms with Crippen LogP contribution in [0.4, 0.5) is 0 Å². The molecule has 4 rings (SSSR count). The number of sulfone groups is 1. The number of nitrogens with zero attached hydrogens (tertiary/aromatic N) is 2. The topological polar surface area (TPSA) is 80.5 Å². The number of rotatable bonds is 5. The van der Waals surface area contributed by atoms with E-state index in [1.54, 1.807) is 29.2 Å². The minimum atomic E-state index is -3.67. The zero-order valence-electron chi connectivity index (χ0n) is 15.5. The summed E-state index contributed by atoms with van der Waals surface area (Å²) in [4.78, 5) is 18.4. The summed E-state index contributed by atoms with van der Waals surface area (Å²) in [5.74, 6) is -0.967. The third kappa shape index (κ3) is 4.68. The third-order valence-corrected chi connectivity index (χ3v) is 6.51. The molecule has 2 aromatic carbocycles. The second-order valence-corrected chi connectivity index (χ2v) is 9.52. The van der Waals surface area contributed by atoms with Gasteiger partial charge >= 0.3 is 0 Å². The maximum absolute atomic E-state index is 12.6. The summed E-state index contributed by atoms with van der Waals surface area (Å²) in [5, 5.41) is 0.585. The molecular weight excluding hydrogens is 412 g/mol. The Bertz CT molecular complexity index is 1140. The summed E-state index contributed by atoms with van der Waals surface area (Å²) in [6, 6.07) is 14.8. The highest BCUT2D eigenvalue weighted by molar-refractivity contribution is 7.91. The van der Waals surface area contributed by atoms with Crippen LogP contribution in [-0.2, 0) is 33.4 Å². The smallest absolute Gasteiger partial charge is 0.238 e. The van der Waals surface area contributed by atoms with Crippen LogP contribution in [0.5, 0.6) is 0 Å². The molecule has 8 heteroatoms. The van der Waals surface area contributed by atoms with Gasteiger partial charge in [-0.15, -0.1) is 0 Å². The normalized spacial score (nSPS) is 13.9. The van der Waals surface area contributed by atoms with Gasteiger partial charge < -0.3 is 9.32 Å². The van der Waals surface area contributed by atoms with Crippen LogP contribution in [0.3, 0.4) is 0 Å². The Balaban J connectivity index is 1.41. The molecule has 0 bridgehead atoms. The first-order chi connectivity index (χ1) is 13.9. The quantitative estimate of drug-likeness (QED) is 0.618. The molecule has 3 aromatic rings. The summed E-state index contributed by atoms with van der Waals surface area (Å²) in [5.41, 5.74) is 3.23. The predicted molar refractivity (Wildman–Crippen MR) is 110 cm³/mol. The highest BCUT2D eigenvalue weighted by Gasteiger charge is 2.26. The van der Waals surface area contributed by atoms with Crippen molar-refractivity contribution in [2.24, 2.45) is 0 Å². The molecule has 1 aliphatic rings. The van der Waals surface area contributed by atoms with E-state index in [1.807, 2.05) is 24.3 Å². The van der Waals surface area contributed by atoms with E-state index in [1.165, 1.54) is 11.8 Å². The summed E-state index contributed by atoms with van der Waals surface area (Å²) in [6.07, 6.45) is 2.04. The van der Waals surface area contributed by atoms with E-state index in [0.717, 1.165) is 12.0 Å². The van der Waals surface area contributed by atoms with Gasteiger partial charge in [0.15, 0.2) is 9.84 Å². The SMILES string of the molecule is O=C(CS(=O)(=O)Cc1coc(-c2ccc(Cl)cc2)n1)N1CCc2ccccc2C1. The van der Waals surface area contributed by atoms with E-state index in [4.69, 9.17) is 16.0 Å². The van der Waals surface area contributed by atoms with Crippen molar-refractivity contribution < 1.29 is 17.6 Å². The number of amides is 1. The molecule has 1 aliphatic heterocycles. The zero-order chi connectivity index (χ0) is 20.4. The van der Waals surface area contributed by atoms with E-state index < -0.39 is 15.6 Å². The lowest BCUT2D eigenvalue weighted by Gasteiger charge is -2.28. The van der Waals surface area contributed by atoms with E-state index in [9.17, 15) is 13.2 Å². The van der Waals surface area contributed by atoms with Crippen molar-refractivity contribution in [3.63, 3.8) is 0 Å². The molecule has 0 atom stereocenters. The van der Waals surface area contributed by atoms with Crippen LogP contribution in [0.15, 0.2) is 59.2 Å². The fraction of sp³-hybridized carbons (Fsp3) is 0.238. The van der Waals surface area contributed by atoms with Gasteiger partial charge in [0.05, 0.1) is 11.4 Å². The zero-order valence-corrected chi connectivity index (χ0v) is 17.1. The van der Waals surface area contributed by atoms with Gasteiger partial charge in [0.1, 0.15) is 12.0 Å². The number of oxazole rings is 1. The van der Waals surface area contributed by atoms with Gasteiger partial charge in [0, 0.05) is 23.7 Å². The second kappa shape index (κ2) is 8.00. The maximum atomic E-state index is 12.6. The number of halogens is 1. The molecule has 2 heterocycles. The van der Waals surface area contributed by atoms with Crippen molar-refractivity contribution in [1.29, 1.82) is 0 Å². The molecule has 6 nitrogen and oxygen atoms in total. The van der Waals surface area contributed by atoms with Gasteiger partial charge in [0.2, 0.25) is 11.8 Å². The first-order valence-electron chi connectivity index (χ1n) is 9.15. The molecule has 0 aliphatic carbocycles. The molecule has 0 saturated heterocycles. The molecule has 1 amide bonds. The Morgan fingerprint density at radius 1 is 1.10 bits per heavy atom. The van der Waals surface area contributed by atoms with Crippen molar-refractivity contribution in [1.82, 2.24) is 9.88 Å². The molecule has 1 aromatic heterocycles. The number of carbonyl (C=O) groups excluding carboxylic acids is 1. The van der Waals surface area contributed by atoms with Crippen LogP contribution in [-0.4, -0.2) is 36.5 Å². The standard InChI is InChI=1S/C21H19ClN2O4S/c22-18-7-5-16(6-8-18)21-23-19(12-28-21)13-29(26,27)14-20(25)24-10-9-15-3-1-2-4-17(15)11-24/h1-8,12H,9-11,13-14H2. The number of aromatic nitrogens is 1. The molecule has 150 valence electrons. The van der Waals surface area contributed by atoms with Crippen LogP contribution < -0.4 is 0 Å². The largest absolute Gasteiger partial charge is 0.444 e. The molecular formula is C21H19ClN2O4S. The Hall–Kier alpha value is -2.64. The van der Waals surface area contributed by atoms with Crippen molar-refractivity contribution in [2.75, 3.05) is 12.3 Å². The number of fused-ring (bicyclic) bond motifs is 1. The van der Waals surface area contributed by atoms with Gasteiger partial charge in [-0.3, -0.25) is 4.79 Å². The molecule has 0 fully saturated rings. The number of hydrogen-bond acceptors (Lipinski definition) is 5. The van der Waals surface area contributed by atoms with Crippen molar-refractivity contribution in [3.05, 3.63) is 76.6 Å². The maximum Gasteiger partial charge on any atom is 0.238 e. The molecule has 0 saturated carbocycles. The summed E-state index contributed by atoms with van der Waals surface area (Å²) in [6.45, 7) is 0.964. The minimum absolute atomic E-state index is 0.270. The highest BCUT2D eigenvalue weighted by Crippen LogP contribution is 2.22. The predicted octanol–water partition coefficient (Wildman–Crippen LogP) is 3.49. The second-order valence-electron chi connectivity index (χ2n) is 7.02. The highest BCUT2D eigenvalue weighted by atomic mass is 35.5. The Kier molecular flexibility index (Phi) is 5.43. The first kappa shape index (κ1) is 19.7. The van der Waals surface area contributed by atoms with Gasteiger partial charge in [0.25, 0.3) is 0 Å². The Morgan fingerprint density at radius 2 is 1.83 bits per heavy atom. The van der Waals surface area contributed by atoms with E-state index in [-0.39, 0.29) is 17.4 Å². The number of carbonyl (C=O) groups is 1. The first-order valence-corrected chi connectivity index (χ1v) is 11.3. The Labute approximate surface area is 174 Å². The fourth-order valence-electron chi connectivity index (χ4n) is 3.36. The summed E-state index contributed by atoms with van der Waals surface area (Å²) < 4.78 is 30.5. The molecule has 29 heavy (non-hydrogen) atoms. The number of benzene rings is 2. The summed E-state index contributed by atoms with van der Waals surface area (Å²) in [7, 11) is -3.67. The van der Waals surface area contributed by atoms with Crippen molar-refractivity contribution in [3.8, 4) is 11.5 Å². The summed E-state index contributed by atoms with van der Waals surface area (Å²) >= 11 is 5.87. The number of hydrogen-bond donors (Lipinski definition) is 0. The lowest BCUT2D eigenvalue weighted by atomic mass is 10.00. The molecule has 0 spiro atoms. The van der Waals surface area contributed by atoms with E-state index >= 15 is 0 Å². The van der Waals surface area contributed by atoms with Crippen molar-refractivity contribution in [2.45, 2.75) is 18.7 Å². The van der Waals surface area contributed by atoms with Crippen LogP contribution in [0, 0.1) is 0 Å². The lowest BCUT2D eigenvalue weighted by molar-refractivity contribution is -0.129. The molecule has 0 radical (unpaired) electrons. The van der Waals surface area contributed by atoms with E-state index in [2.05, 4.69) is 4.98 Å².